The Labute approximate surface area is 58.3 Å². The Morgan fingerprint density at radius 3 is 2.50 bits per heavy atom. The van der Waals surface area contributed by atoms with Gasteiger partial charge in [0.05, 0.1) is 0 Å². The Balaban J connectivity index is 3.32. The summed E-state index contributed by atoms with van der Waals surface area (Å²) in [5, 5.41) is 0. The van der Waals surface area contributed by atoms with Gasteiger partial charge in [0.15, 0.2) is 0 Å². The van der Waals surface area contributed by atoms with Crippen LogP contribution in [0.15, 0.2) is 0 Å². The van der Waals surface area contributed by atoms with Gasteiger partial charge in [-0.15, -0.1) is 0 Å². The molecule has 2 atom stereocenters. The summed E-state index contributed by atoms with van der Waals surface area (Å²) in [5.74, 6) is 0. The largest absolute Gasteiger partial charge is 0.520 e. The predicted molar refractivity (Wildman–Crippen MR) is 37.4 cm³/mol. The van der Waals surface area contributed by atoms with Crippen molar-refractivity contribution in [3.8, 4) is 0 Å². The van der Waals surface area contributed by atoms with Crippen LogP contribution in [-0.4, -0.2) is 9.46 Å². The molecule has 0 saturated carbocycles. The topological polar surface area (TPSA) is 37.3 Å². The van der Waals surface area contributed by atoms with Gasteiger partial charge in [-0.2, -0.15) is 4.89 Å². The number of halogens is 1. The molecule has 0 spiro atoms. The van der Waals surface area contributed by atoms with Crippen molar-refractivity contribution in [2.24, 2.45) is 0 Å². The molecule has 1 N–H and O–H groups in total. The average Bonchev–Trinajstić information content (AvgIpc) is 1.67. The smallest absolute Gasteiger partial charge is 0.160 e. The summed E-state index contributed by atoms with van der Waals surface area (Å²) in [6, 6.07) is 0. The highest BCUT2D eigenvalue weighted by Crippen LogP contribution is 2.30. The van der Waals surface area contributed by atoms with Crippen LogP contribution in [0.5, 0.6) is 0 Å². The Kier molecular flexibility index (Phi) is 4.72. The van der Waals surface area contributed by atoms with Crippen LogP contribution in [0.25, 0.3) is 0 Å². The summed E-state index contributed by atoms with van der Waals surface area (Å²) in [7, 11) is -2.00. The molecule has 0 aliphatic heterocycles. The molecule has 0 aliphatic rings. The second-order valence-electron chi connectivity index (χ2n) is 1.53. The first-order valence-electron chi connectivity index (χ1n) is 2.47. The molecule has 0 aromatic heterocycles. The lowest BCUT2D eigenvalue weighted by Crippen LogP contribution is -1.87. The molecule has 0 fully saturated rings. The first kappa shape index (κ1) is 8.54. The third-order valence-electron chi connectivity index (χ3n) is 0.767. The molecule has 8 heavy (non-hydrogen) atoms. The zero-order valence-corrected chi connectivity index (χ0v) is 7.15. The van der Waals surface area contributed by atoms with Crippen molar-refractivity contribution in [1.82, 2.24) is 0 Å². The maximum atomic E-state index is 10.2. The monoisotopic (exact) mass is 199 g/mol. The lowest BCUT2D eigenvalue weighted by Gasteiger charge is -1.87. The van der Waals surface area contributed by atoms with Gasteiger partial charge in [0.1, 0.15) is 0 Å². The van der Waals surface area contributed by atoms with Crippen LogP contribution in [0.4, 0.5) is 0 Å². The van der Waals surface area contributed by atoms with Gasteiger partial charge >= 0.3 is 8.03 Å². The average molecular weight is 200 g/mol. The van der Waals surface area contributed by atoms with E-state index >= 15 is 0 Å². The zero-order chi connectivity index (χ0) is 6.57. The zero-order valence-electron chi connectivity index (χ0n) is 4.67. The summed E-state index contributed by atoms with van der Waals surface area (Å²) in [6.45, 7) is 1.98. The lowest BCUT2D eigenvalue weighted by atomic mass is 10.4. The summed E-state index contributed by atoms with van der Waals surface area (Å²) < 4.78 is 9.98. The number of rotatable bonds is 3. The van der Waals surface area contributed by atoms with Crippen molar-refractivity contribution >= 4 is 24.0 Å². The molecule has 0 aromatic rings. The molecule has 4 heteroatoms. The van der Waals surface area contributed by atoms with Crippen molar-refractivity contribution in [1.29, 1.82) is 0 Å². The van der Waals surface area contributed by atoms with Crippen molar-refractivity contribution in [3.05, 3.63) is 0 Å². The minimum absolute atomic E-state index is 0.206. The highest BCUT2D eigenvalue weighted by atomic mass is 79.9. The van der Waals surface area contributed by atoms with E-state index in [4.69, 9.17) is 4.89 Å². The fourth-order valence-corrected chi connectivity index (χ4v) is 1.29. The number of alkyl halides is 1. The van der Waals surface area contributed by atoms with Gasteiger partial charge in [-0.25, -0.2) is 0 Å². The normalized spacial score (nSPS) is 15.6. The third-order valence-corrected chi connectivity index (χ3v) is 3.01. The van der Waals surface area contributed by atoms with E-state index in [9.17, 15) is 4.57 Å². The van der Waals surface area contributed by atoms with E-state index < -0.39 is 8.03 Å². The van der Waals surface area contributed by atoms with Crippen LogP contribution >= 0.6 is 24.0 Å². The van der Waals surface area contributed by atoms with Gasteiger partial charge in [-0.1, -0.05) is 13.3 Å². The van der Waals surface area contributed by atoms with E-state index in [0.717, 1.165) is 12.8 Å². The van der Waals surface area contributed by atoms with E-state index in [1.165, 1.54) is 0 Å². The summed E-state index contributed by atoms with van der Waals surface area (Å²) in [6.07, 6.45) is 1.71. The molecule has 0 saturated heterocycles. The maximum Gasteiger partial charge on any atom is 0.520 e. The Bertz CT molecular complexity index is 86.1. The lowest BCUT2D eigenvalue weighted by molar-refractivity contribution is 0.498. The van der Waals surface area contributed by atoms with Crippen LogP contribution in [0.1, 0.15) is 19.8 Å². The van der Waals surface area contributed by atoms with E-state index in [0.29, 0.717) is 0 Å². The highest BCUT2D eigenvalue weighted by molar-refractivity contribution is 9.10. The highest BCUT2D eigenvalue weighted by Gasteiger charge is 2.23. The predicted octanol–water partition coefficient (Wildman–Crippen LogP) is 2.24. The molecular formula is C4H9BrO2P+. The quantitative estimate of drug-likeness (QED) is 0.560. The second kappa shape index (κ2) is 4.42. The number of hydrogen-bond donors (Lipinski definition) is 1. The molecule has 0 aromatic carbocycles. The first-order chi connectivity index (χ1) is 3.68. The molecule has 2 unspecified atom stereocenters. The maximum absolute atomic E-state index is 10.2. The van der Waals surface area contributed by atoms with E-state index in [2.05, 4.69) is 15.9 Å². The Morgan fingerprint density at radius 2 is 2.38 bits per heavy atom. The fraction of sp³-hybridized carbons (Fsp3) is 1.00. The molecule has 2 nitrogen and oxygen atoms in total. The molecule has 0 rings (SSSR count). The van der Waals surface area contributed by atoms with Gasteiger partial charge in [-0.3, -0.25) is 0 Å². The fourth-order valence-electron chi connectivity index (χ4n) is 0.349. The van der Waals surface area contributed by atoms with Crippen LogP contribution in [0.3, 0.4) is 0 Å². The minimum atomic E-state index is -2.00. The SMILES string of the molecule is CCCC(Br)[P+](=O)O. The van der Waals surface area contributed by atoms with Gasteiger partial charge in [0, 0.05) is 6.42 Å². The van der Waals surface area contributed by atoms with Gasteiger partial charge in [0.25, 0.3) is 0 Å². The van der Waals surface area contributed by atoms with Crippen molar-refractivity contribution in [3.63, 3.8) is 0 Å². The first-order valence-corrected chi connectivity index (χ1v) is 4.67. The molecule has 0 amide bonds. The molecule has 0 radical (unpaired) electrons. The van der Waals surface area contributed by atoms with E-state index in [1.807, 2.05) is 6.92 Å². The van der Waals surface area contributed by atoms with Crippen molar-refractivity contribution in [2.75, 3.05) is 0 Å². The van der Waals surface area contributed by atoms with Crippen molar-refractivity contribution in [2.45, 2.75) is 24.3 Å². The summed E-state index contributed by atoms with van der Waals surface area (Å²) in [4.78, 5) is 8.41. The summed E-state index contributed by atoms with van der Waals surface area (Å²) in [5.41, 5.74) is 0. The summed E-state index contributed by atoms with van der Waals surface area (Å²) >= 11 is 3.07. The third kappa shape index (κ3) is 3.53. The molecule has 0 aliphatic carbocycles. The molecular weight excluding hydrogens is 191 g/mol. The Morgan fingerprint density at radius 1 is 1.88 bits per heavy atom. The van der Waals surface area contributed by atoms with Crippen LogP contribution in [0.2, 0.25) is 0 Å². The van der Waals surface area contributed by atoms with Gasteiger partial charge in [0.2, 0.25) is 4.57 Å². The minimum Gasteiger partial charge on any atom is -0.160 e. The number of hydrogen-bond acceptors (Lipinski definition) is 1. The second-order valence-corrected chi connectivity index (χ2v) is 4.57. The van der Waals surface area contributed by atoms with E-state index in [-0.39, 0.29) is 4.57 Å². The van der Waals surface area contributed by atoms with Crippen LogP contribution < -0.4 is 0 Å². The van der Waals surface area contributed by atoms with Crippen LogP contribution in [0, 0.1) is 0 Å². The van der Waals surface area contributed by atoms with Crippen molar-refractivity contribution < 1.29 is 9.46 Å². The standard InChI is InChI=1S/C4H8BrO2P/c1-2-3-4(5)8(6)7/h4H,2-3H2,1H3/p+1. The van der Waals surface area contributed by atoms with E-state index in [1.54, 1.807) is 0 Å². The Hall–Kier alpha value is 0.540. The molecule has 0 bridgehead atoms. The molecule has 0 heterocycles. The molecule has 48 valence electrons. The van der Waals surface area contributed by atoms with Gasteiger partial charge in [-0.05, 0) is 20.5 Å². The van der Waals surface area contributed by atoms with Crippen LogP contribution in [-0.2, 0) is 4.57 Å². The van der Waals surface area contributed by atoms with Gasteiger partial charge < -0.3 is 0 Å².